The van der Waals surface area contributed by atoms with Crippen molar-refractivity contribution in [3.8, 4) is 0 Å². The van der Waals surface area contributed by atoms with Gasteiger partial charge < -0.3 is 9.73 Å². The summed E-state index contributed by atoms with van der Waals surface area (Å²) < 4.78 is 6.64. The van der Waals surface area contributed by atoms with Crippen LogP contribution in [-0.4, -0.2) is 4.98 Å². The van der Waals surface area contributed by atoms with Crippen LogP contribution >= 0.6 is 27.5 Å². The molecule has 5 heteroatoms. The molecule has 0 aliphatic heterocycles. The molecule has 0 radical (unpaired) electrons. The molecule has 3 nitrogen and oxygen atoms in total. The van der Waals surface area contributed by atoms with Crippen LogP contribution in [0.5, 0.6) is 0 Å². The first-order valence-corrected chi connectivity index (χ1v) is 6.92. The SMILES string of the molecule is Clc1cccc(NCc2nc3cc(Br)ccc3o2)c1. The molecule has 0 atom stereocenters. The minimum atomic E-state index is 0.520. The topological polar surface area (TPSA) is 38.1 Å². The van der Waals surface area contributed by atoms with E-state index in [1.807, 2.05) is 42.5 Å². The van der Waals surface area contributed by atoms with Gasteiger partial charge in [0.25, 0.3) is 0 Å². The predicted molar refractivity (Wildman–Crippen MR) is 80.5 cm³/mol. The second-order valence-corrected chi connectivity index (χ2v) is 5.44. The van der Waals surface area contributed by atoms with Gasteiger partial charge in [0.1, 0.15) is 5.52 Å². The van der Waals surface area contributed by atoms with Crippen molar-refractivity contribution in [2.45, 2.75) is 6.54 Å². The summed E-state index contributed by atoms with van der Waals surface area (Å²) in [5.41, 5.74) is 2.57. The Kier molecular flexibility index (Phi) is 3.44. The molecule has 1 heterocycles. The van der Waals surface area contributed by atoms with Crippen molar-refractivity contribution in [1.29, 1.82) is 0 Å². The van der Waals surface area contributed by atoms with Gasteiger partial charge in [-0.2, -0.15) is 0 Å². The Morgan fingerprint density at radius 3 is 2.95 bits per heavy atom. The zero-order valence-electron chi connectivity index (χ0n) is 9.86. The fraction of sp³-hybridized carbons (Fsp3) is 0.0714. The van der Waals surface area contributed by atoms with Crippen LogP contribution in [0.2, 0.25) is 5.02 Å². The summed E-state index contributed by atoms with van der Waals surface area (Å²) in [7, 11) is 0. The average Bonchev–Trinajstić information content (AvgIpc) is 2.78. The molecule has 1 aromatic heterocycles. The van der Waals surface area contributed by atoms with E-state index in [0.29, 0.717) is 17.5 Å². The molecule has 3 aromatic rings. The van der Waals surface area contributed by atoms with Crippen LogP contribution in [0.15, 0.2) is 51.4 Å². The summed E-state index contributed by atoms with van der Waals surface area (Å²) in [6.07, 6.45) is 0. The van der Waals surface area contributed by atoms with Crippen LogP contribution in [0.3, 0.4) is 0 Å². The normalized spacial score (nSPS) is 10.8. The summed E-state index contributed by atoms with van der Waals surface area (Å²) in [6.45, 7) is 0.520. The lowest BCUT2D eigenvalue weighted by Crippen LogP contribution is -1.99. The van der Waals surface area contributed by atoms with Gasteiger partial charge in [0.05, 0.1) is 6.54 Å². The van der Waals surface area contributed by atoms with Gasteiger partial charge >= 0.3 is 0 Å². The van der Waals surface area contributed by atoms with Crippen LogP contribution in [-0.2, 0) is 6.54 Å². The second-order valence-electron chi connectivity index (χ2n) is 4.08. The standard InChI is InChI=1S/C14H10BrClN2O/c15-9-4-5-13-12(6-9)18-14(19-13)8-17-11-3-1-2-10(16)7-11/h1-7,17H,8H2. The Labute approximate surface area is 123 Å². The number of oxazole rings is 1. The first kappa shape index (κ1) is 12.5. The molecule has 0 amide bonds. The number of fused-ring (bicyclic) bond motifs is 1. The van der Waals surface area contributed by atoms with Crippen LogP contribution < -0.4 is 5.32 Å². The first-order valence-electron chi connectivity index (χ1n) is 5.75. The van der Waals surface area contributed by atoms with Gasteiger partial charge in [-0.05, 0) is 36.4 Å². The van der Waals surface area contributed by atoms with E-state index in [9.17, 15) is 0 Å². The quantitative estimate of drug-likeness (QED) is 0.742. The second kappa shape index (κ2) is 5.23. The molecular weight excluding hydrogens is 328 g/mol. The minimum Gasteiger partial charge on any atom is -0.439 e. The smallest absolute Gasteiger partial charge is 0.214 e. The van der Waals surface area contributed by atoms with E-state index in [2.05, 4.69) is 26.2 Å². The van der Waals surface area contributed by atoms with E-state index in [-0.39, 0.29) is 0 Å². The molecule has 19 heavy (non-hydrogen) atoms. The van der Waals surface area contributed by atoms with Crippen molar-refractivity contribution >= 4 is 44.3 Å². The Morgan fingerprint density at radius 1 is 1.21 bits per heavy atom. The lowest BCUT2D eigenvalue weighted by atomic mass is 10.3. The molecule has 96 valence electrons. The molecule has 0 saturated heterocycles. The van der Waals surface area contributed by atoms with Crippen molar-refractivity contribution in [2.24, 2.45) is 0 Å². The zero-order chi connectivity index (χ0) is 13.2. The highest BCUT2D eigenvalue weighted by Gasteiger charge is 2.05. The van der Waals surface area contributed by atoms with Gasteiger partial charge in [0.15, 0.2) is 5.58 Å². The van der Waals surface area contributed by atoms with Gasteiger partial charge in [0, 0.05) is 15.2 Å². The molecule has 0 bridgehead atoms. The van der Waals surface area contributed by atoms with Crippen molar-refractivity contribution in [3.05, 3.63) is 57.9 Å². The number of halogens is 2. The van der Waals surface area contributed by atoms with Gasteiger partial charge in [-0.25, -0.2) is 4.98 Å². The van der Waals surface area contributed by atoms with E-state index in [0.717, 1.165) is 21.3 Å². The van der Waals surface area contributed by atoms with Crippen molar-refractivity contribution in [1.82, 2.24) is 4.98 Å². The fourth-order valence-electron chi connectivity index (χ4n) is 1.80. The fourth-order valence-corrected chi connectivity index (χ4v) is 2.34. The summed E-state index contributed by atoms with van der Waals surface area (Å²) in [5, 5.41) is 3.93. The molecule has 0 unspecified atom stereocenters. The van der Waals surface area contributed by atoms with E-state index < -0.39 is 0 Å². The summed E-state index contributed by atoms with van der Waals surface area (Å²) >= 11 is 9.34. The summed E-state index contributed by atoms with van der Waals surface area (Å²) in [4.78, 5) is 4.42. The minimum absolute atomic E-state index is 0.520. The number of hydrogen-bond acceptors (Lipinski definition) is 3. The number of anilines is 1. The van der Waals surface area contributed by atoms with Crippen molar-refractivity contribution in [2.75, 3.05) is 5.32 Å². The maximum atomic E-state index is 5.92. The molecular formula is C14H10BrClN2O. The Balaban J connectivity index is 1.78. The van der Waals surface area contributed by atoms with Crippen molar-refractivity contribution in [3.63, 3.8) is 0 Å². The largest absolute Gasteiger partial charge is 0.439 e. The molecule has 0 spiro atoms. The highest BCUT2D eigenvalue weighted by Crippen LogP contribution is 2.21. The molecule has 0 aliphatic carbocycles. The van der Waals surface area contributed by atoms with Crippen LogP contribution in [0.4, 0.5) is 5.69 Å². The predicted octanol–water partition coefficient (Wildman–Crippen LogP) is 4.86. The third-order valence-electron chi connectivity index (χ3n) is 2.66. The van der Waals surface area contributed by atoms with Crippen LogP contribution in [0.1, 0.15) is 5.89 Å². The summed E-state index contributed by atoms with van der Waals surface area (Å²) in [6, 6.07) is 13.3. The third-order valence-corrected chi connectivity index (χ3v) is 3.39. The summed E-state index contributed by atoms with van der Waals surface area (Å²) in [5.74, 6) is 0.646. The maximum Gasteiger partial charge on any atom is 0.214 e. The molecule has 1 N–H and O–H groups in total. The molecule has 0 saturated carbocycles. The zero-order valence-corrected chi connectivity index (χ0v) is 12.2. The van der Waals surface area contributed by atoms with Gasteiger partial charge in [-0.15, -0.1) is 0 Å². The number of rotatable bonds is 3. The Bertz CT molecular complexity index is 726. The van der Waals surface area contributed by atoms with E-state index in [1.54, 1.807) is 0 Å². The molecule has 3 rings (SSSR count). The lowest BCUT2D eigenvalue weighted by Gasteiger charge is -2.03. The highest BCUT2D eigenvalue weighted by molar-refractivity contribution is 9.10. The van der Waals surface area contributed by atoms with Crippen molar-refractivity contribution < 1.29 is 4.42 Å². The third kappa shape index (κ3) is 2.91. The monoisotopic (exact) mass is 336 g/mol. The van der Waals surface area contributed by atoms with E-state index in [4.69, 9.17) is 16.0 Å². The highest BCUT2D eigenvalue weighted by atomic mass is 79.9. The number of hydrogen-bond donors (Lipinski definition) is 1. The lowest BCUT2D eigenvalue weighted by molar-refractivity contribution is 0.540. The molecule has 0 fully saturated rings. The van der Waals surface area contributed by atoms with Gasteiger partial charge in [-0.1, -0.05) is 33.6 Å². The van der Waals surface area contributed by atoms with Gasteiger partial charge in [0.2, 0.25) is 5.89 Å². The van der Waals surface area contributed by atoms with Crippen LogP contribution in [0, 0.1) is 0 Å². The van der Waals surface area contributed by atoms with E-state index in [1.165, 1.54) is 0 Å². The maximum absolute atomic E-state index is 5.92. The number of nitrogens with zero attached hydrogens (tertiary/aromatic N) is 1. The van der Waals surface area contributed by atoms with Gasteiger partial charge in [-0.3, -0.25) is 0 Å². The molecule has 2 aromatic carbocycles. The average molecular weight is 338 g/mol. The number of aromatic nitrogens is 1. The number of nitrogens with one attached hydrogen (secondary N) is 1. The number of benzene rings is 2. The molecule has 0 aliphatic rings. The van der Waals surface area contributed by atoms with Crippen LogP contribution in [0.25, 0.3) is 11.1 Å². The Morgan fingerprint density at radius 2 is 2.11 bits per heavy atom. The first-order chi connectivity index (χ1) is 9.20. The van der Waals surface area contributed by atoms with E-state index >= 15 is 0 Å². The Hall–Kier alpha value is -1.52.